The molecule has 0 fully saturated rings. The van der Waals surface area contributed by atoms with Crippen LogP contribution in [-0.2, 0) is 9.59 Å². The highest BCUT2D eigenvalue weighted by molar-refractivity contribution is 6.27. The van der Waals surface area contributed by atoms with Gasteiger partial charge < -0.3 is 20.4 Å². The number of hydrazine groups is 1. The number of carbonyl (C=O) groups is 2. The van der Waals surface area contributed by atoms with E-state index in [1.807, 2.05) is 24.3 Å². The van der Waals surface area contributed by atoms with Crippen molar-refractivity contribution in [2.24, 2.45) is 0 Å². The van der Waals surface area contributed by atoms with Gasteiger partial charge in [-0.05, 0) is 23.9 Å². The number of aliphatic carboxylic acids is 2. The predicted octanol–water partition coefficient (Wildman–Crippen LogP) is 0.921. The molecule has 8 heteroatoms. The van der Waals surface area contributed by atoms with Crippen LogP contribution in [0.1, 0.15) is 0 Å². The van der Waals surface area contributed by atoms with Crippen LogP contribution in [0.4, 0.5) is 5.69 Å². The van der Waals surface area contributed by atoms with E-state index < -0.39 is 11.9 Å². The van der Waals surface area contributed by atoms with E-state index in [9.17, 15) is 0 Å². The molecular weight excluding hydrogens is 252 g/mol. The number of methoxy groups -OCH3 is 1. The smallest absolute Gasteiger partial charge is 0.414 e. The zero-order valence-electron chi connectivity index (χ0n) is 8.81. The van der Waals surface area contributed by atoms with Crippen LogP contribution in [0.5, 0.6) is 5.75 Å². The summed E-state index contributed by atoms with van der Waals surface area (Å²) in [7, 11) is 1.61. The molecule has 0 amide bonds. The first-order valence-corrected chi connectivity index (χ1v) is 4.61. The summed E-state index contributed by atoms with van der Waals surface area (Å²) in [6, 6.07) is 7.47. The van der Waals surface area contributed by atoms with Crippen molar-refractivity contribution in [3.63, 3.8) is 0 Å². The Morgan fingerprint density at radius 3 is 2.18 bits per heavy atom. The maximum absolute atomic E-state index is 9.10. The van der Waals surface area contributed by atoms with E-state index in [-0.39, 0.29) is 0 Å². The van der Waals surface area contributed by atoms with Gasteiger partial charge in [-0.2, -0.15) is 0 Å². The Kier molecular flexibility index (Phi) is 7.24. The number of rotatable bonds is 3. The molecule has 1 rings (SSSR count). The molecule has 0 aliphatic carbocycles. The minimum absolute atomic E-state index is 0.751. The van der Waals surface area contributed by atoms with E-state index in [0.29, 0.717) is 0 Å². The third-order valence-corrected chi connectivity index (χ3v) is 1.57. The van der Waals surface area contributed by atoms with Crippen molar-refractivity contribution in [2.45, 2.75) is 0 Å². The van der Waals surface area contributed by atoms with E-state index in [4.69, 9.17) is 36.3 Å². The summed E-state index contributed by atoms with van der Waals surface area (Å²) in [4.78, 5) is 20.5. The Morgan fingerprint density at radius 2 is 1.76 bits per heavy atom. The van der Waals surface area contributed by atoms with Gasteiger partial charge in [-0.15, -0.1) is 4.94 Å². The summed E-state index contributed by atoms with van der Waals surface area (Å²) in [6.45, 7) is 0. The van der Waals surface area contributed by atoms with Crippen molar-refractivity contribution in [3.05, 3.63) is 24.3 Å². The lowest BCUT2D eigenvalue weighted by molar-refractivity contribution is -0.159. The normalized spacial score (nSPS) is 8.59. The van der Waals surface area contributed by atoms with E-state index in [1.54, 1.807) is 7.11 Å². The number of ether oxygens (including phenoxy) is 1. The standard InChI is InChI=1S/C7H9ClN2O.C2H2O4/c1-11-7-5-3-2-4-6(7)9-10-8;3-1(4)2(5)6/h2-5,9-10H,1H3;(H,3,4)(H,5,6). The number of para-hydroxylation sites is 2. The fraction of sp³-hybridized carbons (Fsp3) is 0.111. The van der Waals surface area contributed by atoms with Gasteiger partial charge in [0.05, 0.1) is 12.8 Å². The van der Waals surface area contributed by atoms with Gasteiger partial charge in [-0.1, -0.05) is 12.1 Å². The SMILES string of the molecule is COc1ccccc1NNCl.O=C(O)C(=O)O. The van der Waals surface area contributed by atoms with E-state index >= 15 is 0 Å². The maximum atomic E-state index is 9.10. The number of hydrogen-bond acceptors (Lipinski definition) is 5. The summed E-state index contributed by atoms with van der Waals surface area (Å²) < 4.78 is 5.04. The molecule has 0 aliphatic rings. The first kappa shape index (κ1) is 15.0. The van der Waals surface area contributed by atoms with Gasteiger partial charge in [0, 0.05) is 0 Å². The zero-order chi connectivity index (χ0) is 13.3. The number of hydrogen-bond donors (Lipinski definition) is 4. The van der Waals surface area contributed by atoms with Gasteiger partial charge in [0.2, 0.25) is 0 Å². The Morgan fingerprint density at radius 1 is 1.24 bits per heavy atom. The fourth-order valence-corrected chi connectivity index (χ4v) is 0.901. The van der Waals surface area contributed by atoms with Crippen LogP contribution in [-0.4, -0.2) is 29.3 Å². The van der Waals surface area contributed by atoms with E-state index in [2.05, 4.69) is 10.4 Å². The van der Waals surface area contributed by atoms with Crippen molar-refractivity contribution in [1.82, 2.24) is 4.94 Å². The third-order valence-electron chi connectivity index (χ3n) is 1.47. The monoisotopic (exact) mass is 262 g/mol. The molecule has 0 heterocycles. The molecule has 0 aromatic heterocycles. The first-order chi connectivity index (χ1) is 8.02. The molecule has 1 aromatic rings. The minimum atomic E-state index is -1.82. The highest BCUT2D eigenvalue weighted by Crippen LogP contribution is 2.21. The van der Waals surface area contributed by atoms with Crippen molar-refractivity contribution >= 4 is 29.4 Å². The molecule has 0 spiro atoms. The van der Waals surface area contributed by atoms with Gasteiger partial charge >= 0.3 is 11.9 Å². The number of benzene rings is 1. The molecule has 0 unspecified atom stereocenters. The molecule has 4 N–H and O–H groups in total. The average molecular weight is 263 g/mol. The highest BCUT2D eigenvalue weighted by atomic mass is 35.5. The Balaban J connectivity index is 0.000000366. The quantitative estimate of drug-likeness (QED) is 0.364. The highest BCUT2D eigenvalue weighted by Gasteiger charge is 2.04. The van der Waals surface area contributed by atoms with Crippen molar-refractivity contribution < 1.29 is 24.5 Å². The summed E-state index contributed by atoms with van der Waals surface area (Å²) in [6.07, 6.45) is 0. The number of carboxylic acids is 2. The van der Waals surface area contributed by atoms with Crippen molar-refractivity contribution in [3.8, 4) is 5.75 Å². The van der Waals surface area contributed by atoms with Gasteiger partial charge in [0.15, 0.2) is 0 Å². The second-order valence-electron chi connectivity index (χ2n) is 2.53. The number of carboxylic acid groups (broad SMARTS) is 2. The van der Waals surface area contributed by atoms with Crippen LogP contribution in [0.15, 0.2) is 24.3 Å². The molecule has 7 nitrogen and oxygen atoms in total. The van der Waals surface area contributed by atoms with E-state index in [0.717, 1.165) is 11.4 Å². The molecule has 0 saturated carbocycles. The molecule has 0 atom stereocenters. The summed E-state index contributed by atoms with van der Waals surface area (Å²) in [5.41, 5.74) is 3.53. The predicted molar refractivity (Wildman–Crippen MR) is 60.9 cm³/mol. The number of anilines is 1. The van der Waals surface area contributed by atoms with Gasteiger partial charge in [-0.25, -0.2) is 9.59 Å². The number of nitrogens with one attached hydrogen (secondary N) is 2. The van der Waals surface area contributed by atoms with Crippen LogP contribution in [0.2, 0.25) is 0 Å². The van der Waals surface area contributed by atoms with Gasteiger partial charge in [0.1, 0.15) is 5.75 Å². The van der Waals surface area contributed by atoms with Crippen molar-refractivity contribution in [1.29, 1.82) is 0 Å². The third kappa shape index (κ3) is 6.23. The topological polar surface area (TPSA) is 108 Å². The lowest BCUT2D eigenvalue weighted by Crippen LogP contribution is -2.09. The van der Waals surface area contributed by atoms with Crippen LogP contribution >= 0.6 is 11.8 Å². The zero-order valence-corrected chi connectivity index (χ0v) is 9.56. The minimum Gasteiger partial charge on any atom is -0.495 e. The molecule has 17 heavy (non-hydrogen) atoms. The molecule has 94 valence electrons. The lowest BCUT2D eigenvalue weighted by Gasteiger charge is -2.07. The summed E-state index contributed by atoms with van der Waals surface area (Å²) in [5, 5.41) is 14.8. The van der Waals surface area contributed by atoms with Crippen LogP contribution in [0.25, 0.3) is 0 Å². The molecule has 0 saturated heterocycles. The first-order valence-electron chi connectivity index (χ1n) is 4.23. The average Bonchev–Trinajstić information content (AvgIpc) is 2.31. The second kappa shape index (κ2) is 8.20. The maximum Gasteiger partial charge on any atom is 0.414 e. The molecule has 1 aromatic carbocycles. The van der Waals surface area contributed by atoms with Gasteiger partial charge in [0.25, 0.3) is 0 Å². The van der Waals surface area contributed by atoms with Crippen molar-refractivity contribution in [2.75, 3.05) is 12.5 Å². The van der Waals surface area contributed by atoms with Crippen LogP contribution in [0, 0.1) is 0 Å². The molecule has 0 radical (unpaired) electrons. The fourth-order valence-electron chi connectivity index (χ4n) is 0.799. The molecule has 0 aliphatic heterocycles. The largest absolute Gasteiger partial charge is 0.495 e. The van der Waals surface area contributed by atoms with E-state index in [1.165, 1.54) is 0 Å². The number of halogens is 1. The second-order valence-corrected chi connectivity index (χ2v) is 2.72. The Labute approximate surface area is 102 Å². The Bertz CT molecular complexity index is 373. The summed E-state index contributed by atoms with van der Waals surface area (Å²) >= 11 is 5.25. The molecular formula is C9H11ClN2O5. The Hall–Kier alpha value is -1.99. The molecule has 0 bridgehead atoms. The van der Waals surface area contributed by atoms with Crippen LogP contribution in [0.3, 0.4) is 0 Å². The lowest BCUT2D eigenvalue weighted by atomic mass is 10.3. The van der Waals surface area contributed by atoms with Crippen LogP contribution < -0.4 is 15.1 Å². The summed E-state index contributed by atoms with van der Waals surface area (Å²) in [5.74, 6) is -2.90. The van der Waals surface area contributed by atoms with Gasteiger partial charge in [-0.3, -0.25) is 0 Å².